The summed E-state index contributed by atoms with van der Waals surface area (Å²) in [6.45, 7) is 0. The molecule has 0 saturated carbocycles. The van der Waals surface area contributed by atoms with Gasteiger partial charge in [-0.15, -0.1) is 0 Å². The van der Waals surface area contributed by atoms with Gasteiger partial charge in [-0.1, -0.05) is 0 Å². The molecule has 3 aromatic rings. The van der Waals surface area contributed by atoms with Gasteiger partial charge in [-0.3, -0.25) is 0 Å². The fraction of sp³-hybridized carbons (Fsp3) is 0.143. The summed E-state index contributed by atoms with van der Waals surface area (Å²) in [5.74, 6) is -7.38. The fourth-order valence-electron chi connectivity index (χ4n) is 3.46. The molecule has 10 heteroatoms. The zero-order chi connectivity index (χ0) is 22.9. The highest BCUT2D eigenvalue weighted by Gasteiger charge is 2.41. The summed E-state index contributed by atoms with van der Waals surface area (Å²) >= 11 is -3.66. The molecule has 0 saturated heterocycles. The number of ether oxygens (including phenoxy) is 3. The smallest absolute Gasteiger partial charge is 0.415 e. The molecule has 0 aromatic heterocycles. The molecular formula is C21H15AlF6O3. The van der Waals surface area contributed by atoms with Crippen molar-refractivity contribution in [2.24, 2.45) is 0 Å². The Kier molecular flexibility index (Phi) is 6.72. The van der Waals surface area contributed by atoms with E-state index in [4.69, 9.17) is 14.2 Å². The maximum absolute atomic E-state index is 15.1. The van der Waals surface area contributed by atoms with Crippen LogP contribution in [0, 0.1) is 34.9 Å². The first kappa shape index (κ1) is 22.8. The average Bonchev–Trinajstić information content (AvgIpc) is 2.70. The van der Waals surface area contributed by atoms with E-state index in [-0.39, 0.29) is 30.5 Å². The molecule has 0 fully saturated rings. The molecule has 0 heterocycles. The van der Waals surface area contributed by atoms with Crippen molar-refractivity contribution in [3.8, 4) is 17.2 Å². The van der Waals surface area contributed by atoms with E-state index in [1.54, 1.807) is 0 Å². The summed E-state index contributed by atoms with van der Waals surface area (Å²) in [7, 11) is 3.37. The van der Waals surface area contributed by atoms with Crippen molar-refractivity contribution in [1.82, 2.24) is 0 Å². The lowest BCUT2D eigenvalue weighted by atomic mass is 10.3. The first-order valence-corrected chi connectivity index (χ1v) is 10.5. The molecule has 0 radical (unpaired) electrons. The van der Waals surface area contributed by atoms with Gasteiger partial charge < -0.3 is 14.2 Å². The van der Waals surface area contributed by atoms with Gasteiger partial charge in [0.05, 0.1) is 21.3 Å². The summed E-state index contributed by atoms with van der Waals surface area (Å²) in [5, 5.41) is 0. The largest absolute Gasteiger partial charge is 0.498 e. The number of benzene rings is 3. The maximum Gasteiger partial charge on any atom is 0.415 e. The minimum absolute atomic E-state index is 0.328. The van der Waals surface area contributed by atoms with Crippen molar-refractivity contribution in [2.75, 3.05) is 21.3 Å². The Bertz CT molecular complexity index is 997. The SMILES string of the molecule is COc1cc(F)cc(F)[c]1[Al]([c]1c(F)cc(F)cc1OC)[c]1c(F)cc(F)cc1OC. The molecule has 3 aromatic carbocycles. The number of methoxy groups -OCH3 is 3. The molecule has 0 spiro atoms. The van der Waals surface area contributed by atoms with Crippen molar-refractivity contribution in [1.29, 1.82) is 0 Å². The second kappa shape index (κ2) is 9.12. The van der Waals surface area contributed by atoms with E-state index in [0.29, 0.717) is 18.2 Å². The second-order valence-corrected chi connectivity index (χ2v) is 9.04. The Morgan fingerprint density at radius 1 is 0.484 bits per heavy atom. The van der Waals surface area contributed by atoms with Gasteiger partial charge in [-0.05, 0) is 13.3 Å². The predicted molar refractivity (Wildman–Crippen MR) is 103 cm³/mol. The molecule has 0 unspecified atom stereocenters. The normalized spacial score (nSPS) is 10.7. The molecule has 0 bridgehead atoms. The molecule has 3 nitrogen and oxygen atoms in total. The van der Waals surface area contributed by atoms with Crippen molar-refractivity contribution < 1.29 is 40.6 Å². The number of hydrogen-bond acceptors (Lipinski definition) is 3. The Hall–Kier alpha value is -2.83. The first-order chi connectivity index (χ1) is 14.7. The van der Waals surface area contributed by atoms with E-state index >= 15 is 13.2 Å². The van der Waals surface area contributed by atoms with Crippen LogP contribution in [0.25, 0.3) is 0 Å². The van der Waals surface area contributed by atoms with Crippen molar-refractivity contribution >= 4 is 27.4 Å². The molecule has 0 atom stereocenters. The van der Waals surface area contributed by atoms with Crippen LogP contribution in [0.1, 0.15) is 0 Å². The van der Waals surface area contributed by atoms with E-state index in [2.05, 4.69) is 0 Å². The van der Waals surface area contributed by atoms with Gasteiger partial charge in [0.2, 0.25) is 0 Å². The van der Waals surface area contributed by atoms with Crippen LogP contribution in [0.4, 0.5) is 26.3 Å². The lowest BCUT2D eigenvalue weighted by Gasteiger charge is -2.22. The maximum atomic E-state index is 15.1. The van der Waals surface area contributed by atoms with Gasteiger partial charge in [0.15, 0.2) is 0 Å². The lowest BCUT2D eigenvalue weighted by Crippen LogP contribution is -2.56. The quantitative estimate of drug-likeness (QED) is 0.422. The van der Waals surface area contributed by atoms with E-state index in [0.717, 1.165) is 39.5 Å². The van der Waals surface area contributed by atoms with Crippen LogP contribution in [0.3, 0.4) is 0 Å². The molecule has 3 rings (SSSR count). The number of rotatable bonds is 6. The molecule has 0 aliphatic rings. The van der Waals surface area contributed by atoms with Crippen LogP contribution in [0.2, 0.25) is 0 Å². The van der Waals surface area contributed by atoms with Crippen LogP contribution >= 0.6 is 0 Å². The third-order valence-electron chi connectivity index (χ3n) is 4.69. The Labute approximate surface area is 178 Å². The van der Waals surface area contributed by atoms with Gasteiger partial charge in [0.25, 0.3) is 0 Å². The standard InChI is InChI=1S/3C7H5F2O.Al/c3*1-10-7-3-5(8)2-6(9)4-7;/h3*2-3H,1H3;. The summed E-state index contributed by atoms with van der Waals surface area (Å²) in [6, 6.07) is 4.12. The molecule has 0 aliphatic carbocycles. The molecule has 0 amide bonds. The summed E-state index contributed by atoms with van der Waals surface area (Å²) in [6.07, 6.45) is 0. The molecule has 31 heavy (non-hydrogen) atoms. The fourth-order valence-corrected chi connectivity index (χ4v) is 6.86. The molecule has 0 aliphatic heterocycles. The van der Waals surface area contributed by atoms with E-state index in [1.807, 2.05) is 0 Å². The van der Waals surface area contributed by atoms with Crippen molar-refractivity contribution in [2.45, 2.75) is 0 Å². The number of hydrogen-bond donors (Lipinski definition) is 0. The minimum Gasteiger partial charge on any atom is -0.498 e. The van der Waals surface area contributed by atoms with Gasteiger partial charge >= 0.3 is 14.1 Å². The first-order valence-electron chi connectivity index (χ1n) is 8.80. The van der Waals surface area contributed by atoms with Crippen molar-refractivity contribution in [3.05, 3.63) is 71.3 Å². The Balaban J connectivity index is 2.51. The predicted octanol–water partition coefficient (Wildman–Crippen LogP) is 3.06. The van der Waals surface area contributed by atoms with Crippen LogP contribution in [-0.4, -0.2) is 35.5 Å². The minimum atomic E-state index is -3.66. The lowest BCUT2D eigenvalue weighted by molar-refractivity contribution is 0.408. The van der Waals surface area contributed by atoms with Crippen LogP contribution < -0.4 is 27.5 Å². The highest BCUT2D eigenvalue weighted by atomic mass is 27.2. The second-order valence-electron chi connectivity index (χ2n) is 6.44. The van der Waals surface area contributed by atoms with E-state index < -0.39 is 49.1 Å². The van der Waals surface area contributed by atoms with Crippen molar-refractivity contribution in [3.63, 3.8) is 0 Å². The third kappa shape index (κ3) is 4.31. The Morgan fingerprint density at radius 2 is 0.742 bits per heavy atom. The van der Waals surface area contributed by atoms with E-state index in [1.165, 1.54) is 0 Å². The van der Waals surface area contributed by atoms with Gasteiger partial charge in [0.1, 0.15) is 52.2 Å². The zero-order valence-electron chi connectivity index (χ0n) is 16.5. The molecular weight excluding hydrogens is 441 g/mol. The highest BCUT2D eigenvalue weighted by Crippen LogP contribution is 2.23. The van der Waals surface area contributed by atoms with Crippen LogP contribution in [0.5, 0.6) is 17.2 Å². The third-order valence-corrected chi connectivity index (χ3v) is 8.11. The monoisotopic (exact) mass is 456 g/mol. The zero-order valence-corrected chi connectivity index (χ0v) is 17.7. The summed E-state index contributed by atoms with van der Waals surface area (Å²) < 4.78 is 101. The van der Waals surface area contributed by atoms with E-state index in [9.17, 15) is 13.2 Å². The number of halogens is 6. The van der Waals surface area contributed by atoms with Gasteiger partial charge in [-0.25, -0.2) is 26.3 Å². The average molecular weight is 456 g/mol. The topological polar surface area (TPSA) is 27.7 Å². The molecule has 162 valence electrons. The molecule has 0 N–H and O–H groups in total. The van der Waals surface area contributed by atoms with Crippen LogP contribution in [0.15, 0.2) is 36.4 Å². The van der Waals surface area contributed by atoms with Crippen LogP contribution in [-0.2, 0) is 0 Å². The highest BCUT2D eigenvalue weighted by molar-refractivity contribution is 6.97. The Morgan fingerprint density at radius 3 is 0.968 bits per heavy atom. The van der Waals surface area contributed by atoms with Gasteiger partial charge in [-0.2, -0.15) is 0 Å². The summed E-state index contributed by atoms with van der Waals surface area (Å²) in [4.78, 5) is 0. The summed E-state index contributed by atoms with van der Waals surface area (Å²) in [5.41, 5.74) is 0. The van der Waals surface area contributed by atoms with Gasteiger partial charge in [0, 0.05) is 36.4 Å².